The summed E-state index contributed by atoms with van der Waals surface area (Å²) < 4.78 is 11.1. The quantitative estimate of drug-likeness (QED) is 0.569. The molecule has 0 amide bonds. The van der Waals surface area contributed by atoms with Crippen molar-refractivity contribution in [2.45, 2.75) is 31.9 Å². The Balaban J connectivity index is 1.91. The molecule has 2 rings (SSSR count). The molecule has 1 unspecified atom stereocenters. The second-order valence-corrected chi connectivity index (χ2v) is 4.42. The number of hydrogen-bond donors (Lipinski definition) is 0. The molecule has 1 saturated heterocycles. The van der Waals surface area contributed by atoms with Crippen LogP contribution in [0.2, 0.25) is 0 Å². The predicted molar refractivity (Wildman–Crippen MR) is 67.8 cm³/mol. The monoisotopic (exact) mass is 249 g/mol. The van der Waals surface area contributed by atoms with Gasteiger partial charge in [-0.15, -0.1) is 0 Å². The van der Waals surface area contributed by atoms with Crippen LogP contribution in [0.5, 0.6) is 0 Å². The van der Waals surface area contributed by atoms with Gasteiger partial charge in [0.05, 0.1) is 12.6 Å². The Morgan fingerprint density at radius 1 is 1.44 bits per heavy atom. The smallest absolute Gasteiger partial charge is 0.219 e. The predicted octanol–water partition coefficient (Wildman–Crippen LogP) is 1.80. The molecule has 0 bridgehead atoms. The minimum atomic E-state index is -0.442. The molecule has 98 valence electrons. The molecule has 4 nitrogen and oxygen atoms in total. The van der Waals surface area contributed by atoms with E-state index in [9.17, 15) is 4.79 Å². The van der Waals surface area contributed by atoms with Crippen molar-refractivity contribution in [2.75, 3.05) is 13.7 Å². The normalized spacial score (nSPS) is 21.9. The molecule has 0 N–H and O–H groups in total. The van der Waals surface area contributed by atoms with E-state index in [0.29, 0.717) is 6.61 Å². The van der Waals surface area contributed by atoms with Gasteiger partial charge in [0.1, 0.15) is 6.29 Å². The van der Waals surface area contributed by atoms with E-state index in [2.05, 4.69) is 0 Å². The fourth-order valence-corrected chi connectivity index (χ4v) is 2.26. The molecule has 1 aliphatic heterocycles. The van der Waals surface area contributed by atoms with Crippen LogP contribution >= 0.6 is 0 Å². The summed E-state index contributed by atoms with van der Waals surface area (Å²) in [5.74, 6) is 0. The molecule has 1 heterocycles. The number of rotatable bonds is 6. The van der Waals surface area contributed by atoms with Crippen LogP contribution in [0.4, 0.5) is 0 Å². The van der Waals surface area contributed by atoms with E-state index in [1.165, 1.54) is 0 Å². The number of carbonyl (C=O) groups excluding carboxylic acids is 1. The summed E-state index contributed by atoms with van der Waals surface area (Å²) in [5.41, 5.74) is 1.10. The average molecular weight is 249 g/mol. The third kappa shape index (κ3) is 3.16. The first-order valence-corrected chi connectivity index (χ1v) is 6.24. The van der Waals surface area contributed by atoms with Crippen molar-refractivity contribution in [1.29, 1.82) is 0 Å². The number of methoxy groups -OCH3 is 1. The highest BCUT2D eigenvalue weighted by Gasteiger charge is 2.31. The zero-order valence-electron chi connectivity index (χ0n) is 10.6. The highest BCUT2D eigenvalue weighted by atomic mass is 16.7. The first-order valence-electron chi connectivity index (χ1n) is 6.24. The van der Waals surface area contributed by atoms with Gasteiger partial charge in [-0.05, 0) is 18.4 Å². The summed E-state index contributed by atoms with van der Waals surface area (Å²) in [7, 11) is 1.61. The van der Waals surface area contributed by atoms with Crippen LogP contribution in [0.3, 0.4) is 0 Å². The summed E-state index contributed by atoms with van der Waals surface area (Å²) in [6.07, 6.45) is 2.43. The molecule has 0 aromatic heterocycles. The lowest BCUT2D eigenvalue weighted by Gasteiger charge is -2.28. The molecule has 0 aliphatic carbocycles. The van der Waals surface area contributed by atoms with Gasteiger partial charge in [-0.2, -0.15) is 0 Å². The van der Waals surface area contributed by atoms with Gasteiger partial charge in [-0.25, -0.2) is 4.90 Å². The molecule has 0 spiro atoms. The van der Waals surface area contributed by atoms with Gasteiger partial charge in [0.2, 0.25) is 6.41 Å². The van der Waals surface area contributed by atoms with Crippen molar-refractivity contribution in [2.24, 2.45) is 0 Å². The van der Waals surface area contributed by atoms with Crippen LogP contribution in [-0.2, 0) is 20.9 Å². The number of benzene rings is 1. The van der Waals surface area contributed by atoms with E-state index < -0.39 is 6.41 Å². The fraction of sp³-hybridized carbons (Fsp3) is 0.500. The molecule has 1 fully saturated rings. The Kier molecular flexibility index (Phi) is 4.87. The Hall–Kier alpha value is -1.23. The third-order valence-corrected chi connectivity index (χ3v) is 3.21. The number of ether oxygens (including phenoxy) is 2. The minimum absolute atomic E-state index is 0.0780. The number of likely N-dealkylation sites (tertiary alicyclic amines) is 1. The van der Waals surface area contributed by atoms with E-state index in [0.717, 1.165) is 31.2 Å². The van der Waals surface area contributed by atoms with Gasteiger partial charge in [0.15, 0.2) is 0 Å². The maximum absolute atomic E-state index is 11.0. The van der Waals surface area contributed by atoms with Crippen LogP contribution in [0.15, 0.2) is 30.3 Å². The zero-order chi connectivity index (χ0) is 12.8. The maximum Gasteiger partial charge on any atom is 0.219 e. The summed E-state index contributed by atoms with van der Waals surface area (Å²) in [6.45, 7) is 1.33. The maximum atomic E-state index is 11.0. The standard InChI is InChI=1S/C14H19NO3/c1-17-14(15-9-5-8-13(15)10-16)18-11-12-6-3-2-4-7-12/h2-4,6-7,10,13-14H,5,8-9,11H2,1H3/t13-,14?/m0/s1. The number of hydrogen-bond acceptors (Lipinski definition) is 4. The van der Waals surface area contributed by atoms with E-state index in [1.807, 2.05) is 35.2 Å². The third-order valence-electron chi connectivity index (χ3n) is 3.21. The lowest BCUT2D eigenvalue weighted by molar-refractivity contribution is -0.219. The Morgan fingerprint density at radius 2 is 2.22 bits per heavy atom. The van der Waals surface area contributed by atoms with E-state index in [4.69, 9.17) is 9.47 Å². The fourth-order valence-electron chi connectivity index (χ4n) is 2.26. The molecule has 1 aromatic carbocycles. The molecule has 2 atom stereocenters. The van der Waals surface area contributed by atoms with Crippen LogP contribution in [0.1, 0.15) is 18.4 Å². The first kappa shape index (κ1) is 13.2. The highest BCUT2D eigenvalue weighted by molar-refractivity contribution is 5.58. The topological polar surface area (TPSA) is 38.8 Å². The van der Waals surface area contributed by atoms with Crippen molar-refractivity contribution in [3.05, 3.63) is 35.9 Å². The molecular weight excluding hydrogens is 230 g/mol. The Labute approximate surface area is 107 Å². The number of aldehydes is 1. The zero-order valence-corrected chi connectivity index (χ0v) is 10.6. The number of carbonyl (C=O) groups is 1. The summed E-state index contributed by atoms with van der Waals surface area (Å²) in [6, 6.07) is 9.86. The molecule has 1 aromatic rings. The van der Waals surface area contributed by atoms with Crippen LogP contribution in [0, 0.1) is 0 Å². The summed E-state index contributed by atoms with van der Waals surface area (Å²) in [5, 5.41) is 0. The Bertz CT molecular complexity index is 369. The average Bonchev–Trinajstić information content (AvgIpc) is 2.89. The van der Waals surface area contributed by atoms with Crippen molar-refractivity contribution in [1.82, 2.24) is 4.90 Å². The van der Waals surface area contributed by atoms with Gasteiger partial charge in [-0.3, -0.25) is 0 Å². The van der Waals surface area contributed by atoms with Gasteiger partial charge in [0.25, 0.3) is 0 Å². The van der Waals surface area contributed by atoms with Gasteiger partial charge in [-0.1, -0.05) is 30.3 Å². The first-order chi connectivity index (χ1) is 8.85. The van der Waals surface area contributed by atoms with Crippen molar-refractivity contribution in [3.8, 4) is 0 Å². The van der Waals surface area contributed by atoms with E-state index in [1.54, 1.807) is 7.11 Å². The van der Waals surface area contributed by atoms with Crippen LogP contribution < -0.4 is 0 Å². The molecule has 0 saturated carbocycles. The van der Waals surface area contributed by atoms with Crippen molar-refractivity contribution < 1.29 is 14.3 Å². The molecular formula is C14H19NO3. The van der Waals surface area contributed by atoms with Gasteiger partial charge >= 0.3 is 0 Å². The molecule has 18 heavy (non-hydrogen) atoms. The van der Waals surface area contributed by atoms with Gasteiger partial charge < -0.3 is 14.3 Å². The minimum Gasteiger partial charge on any atom is -0.343 e. The largest absolute Gasteiger partial charge is 0.343 e. The van der Waals surface area contributed by atoms with Crippen LogP contribution in [0.25, 0.3) is 0 Å². The Morgan fingerprint density at radius 3 is 2.89 bits per heavy atom. The lowest BCUT2D eigenvalue weighted by Crippen LogP contribution is -2.42. The van der Waals surface area contributed by atoms with Crippen molar-refractivity contribution in [3.63, 3.8) is 0 Å². The van der Waals surface area contributed by atoms with E-state index in [-0.39, 0.29) is 6.04 Å². The second-order valence-electron chi connectivity index (χ2n) is 4.42. The SMILES string of the molecule is COC(OCc1ccccc1)N1CCC[C@H]1C=O. The molecule has 1 aliphatic rings. The number of nitrogens with zero attached hydrogens (tertiary/aromatic N) is 1. The second kappa shape index (κ2) is 6.64. The van der Waals surface area contributed by atoms with E-state index >= 15 is 0 Å². The van der Waals surface area contributed by atoms with Crippen LogP contribution in [-0.4, -0.2) is 37.3 Å². The lowest BCUT2D eigenvalue weighted by atomic mass is 10.2. The van der Waals surface area contributed by atoms with Crippen molar-refractivity contribution >= 4 is 6.29 Å². The summed E-state index contributed by atoms with van der Waals surface area (Å²) in [4.78, 5) is 12.9. The summed E-state index contributed by atoms with van der Waals surface area (Å²) >= 11 is 0. The highest BCUT2D eigenvalue weighted by Crippen LogP contribution is 2.20. The van der Waals surface area contributed by atoms with Gasteiger partial charge in [0, 0.05) is 13.7 Å². The molecule has 0 radical (unpaired) electrons. The molecule has 4 heteroatoms.